The molecule has 10 heteroatoms. The van der Waals surface area contributed by atoms with Crippen LogP contribution in [-0.4, -0.2) is 47.6 Å². The summed E-state index contributed by atoms with van der Waals surface area (Å²) in [6.45, 7) is 3.27. The van der Waals surface area contributed by atoms with Gasteiger partial charge in [0.25, 0.3) is 0 Å². The van der Waals surface area contributed by atoms with Crippen LogP contribution in [-0.2, 0) is 14.2 Å². The van der Waals surface area contributed by atoms with E-state index < -0.39 is 23.1 Å². The molecular weight excluding hydrogens is 427 g/mol. The minimum absolute atomic E-state index is 0.0224. The van der Waals surface area contributed by atoms with Crippen LogP contribution in [0.15, 0.2) is 30.5 Å². The van der Waals surface area contributed by atoms with Crippen molar-refractivity contribution in [3.05, 3.63) is 59.2 Å². The van der Waals surface area contributed by atoms with Gasteiger partial charge in [0.1, 0.15) is 23.6 Å². The summed E-state index contributed by atoms with van der Waals surface area (Å²) in [4.78, 5) is 7.92. The van der Waals surface area contributed by atoms with E-state index in [2.05, 4.69) is 15.3 Å². The lowest BCUT2D eigenvalue weighted by Gasteiger charge is -2.12. The van der Waals surface area contributed by atoms with Gasteiger partial charge < -0.3 is 24.6 Å². The summed E-state index contributed by atoms with van der Waals surface area (Å²) in [5, 5.41) is 11.9. The molecule has 2 N–H and O–H groups in total. The molecule has 1 aromatic carbocycles. The number of nitrogens with one attached hydrogen (secondary N) is 1. The van der Waals surface area contributed by atoms with Gasteiger partial charge in [0, 0.05) is 37.0 Å². The molecule has 0 aliphatic carbocycles. The Morgan fingerprint density at radius 3 is 2.31 bits per heavy atom. The van der Waals surface area contributed by atoms with E-state index in [1.165, 1.54) is 32.4 Å². The van der Waals surface area contributed by atoms with Gasteiger partial charge in [-0.2, -0.15) is 0 Å². The van der Waals surface area contributed by atoms with E-state index in [1.54, 1.807) is 0 Å². The Hall–Kier alpha value is -3.11. The summed E-state index contributed by atoms with van der Waals surface area (Å²) in [5.74, 6) is -3.22. The summed E-state index contributed by atoms with van der Waals surface area (Å²) >= 11 is 0. The van der Waals surface area contributed by atoms with Crippen LogP contribution < -0.4 is 5.32 Å². The number of hydrogen-bond donors (Lipinski definition) is 2. The zero-order valence-corrected chi connectivity index (χ0v) is 17.6. The predicted molar refractivity (Wildman–Crippen MR) is 113 cm³/mol. The van der Waals surface area contributed by atoms with Crippen LogP contribution in [0.5, 0.6) is 0 Å². The van der Waals surface area contributed by atoms with Crippen LogP contribution in [0, 0.1) is 17.5 Å². The molecule has 32 heavy (non-hydrogen) atoms. The minimum Gasteiger partial charge on any atom is -0.513 e. The van der Waals surface area contributed by atoms with E-state index in [0.29, 0.717) is 35.6 Å². The Bertz CT molecular complexity index is 953. The van der Waals surface area contributed by atoms with Crippen molar-refractivity contribution in [1.82, 2.24) is 9.97 Å². The average molecular weight is 451 g/mol. The van der Waals surface area contributed by atoms with Gasteiger partial charge in [-0.3, -0.25) is 0 Å². The topological polar surface area (TPSA) is 85.7 Å². The first-order chi connectivity index (χ1) is 15.4. The largest absolute Gasteiger partial charge is 0.513 e. The molecule has 2 saturated heterocycles. The van der Waals surface area contributed by atoms with E-state index in [1.807, 2.05) is 0 Å². The minimum atomic E-state index is -1.11. The number of hydrogen-bond acceptors (Lipinski definition) is 7. The molecular formula is C22H24F3N3O4. The molecule has 2 aliphatic heterocycles. The fourth-order valence-corrected chi connectivity index (χ4v) is 3.33. The monoisotopic (exact) mass is 451 g/mol. The Morgan fingerprint density at radius 1 is 1.12 bits per heavy atom. The van der Waals surface area contributed by atoms with Crippen molar-refractivity contribution in [1.29, 1.82) is 0 Å². The normalized spacial score (nSPS) is 20.1. The molecule has 3 heterocycles. The Kier molecular flexibility index (Phi) is 8.07. The SMILES string of the molecule is C1CC2OCCC2O1.CO/C=C/c1c(/C=C(\C)O)ncnc1Nc1c(F)cc(F)cc1F. The third-order valence-corrected chi connectivity index (χ3v) is 4.76. The molecule has 1 aromatic heterocycles. The first kappa shape index (κ1) is 23.6. The number of aromatic nitrogens is 2. The number of benzene rings is 1. The van der Waals surface area contributed by atoms with E-state index >= 15 is 0 Å². The second kappa shape index (κ2) is 11.0. The van der Waals surface area contributed by atoms with E-state index in [-0.39, 0.29) is 11.6 Å². The summed E-state index contributed by atoms with van der Waals surface area (Å²) in [6, 6.07) is 1.10. The molecule has 2 fully saturated rings. The highest BCUT2D eigenvalue weighted by Gasteiger charge is 2.33. The number of rotatable bonds is 5. The van der Waals surface area contributed by atoms with Gasteiger partial charge in [-0.25, -0.2) is 23.1 Å². The zero-order chi connectivity index (χ0) is 23.1. The van der Waals surface area contributed by atoms with Crippen molar-refractivity contribution in [2.75, 3.05) is 25.6 Å². The predicted octanol–water partition coefficient (Wildman–Crippen LogP) is 4.74. The van der Waals surface area contributed by atoms with Gasteiger partial charge in [-0.1, -0.05) is 0 Å². The molecule has 4 rings (SSSR count). The molecule has 0 amide bonds. The van der Waals surface area contributed by atoms with Crippen LogP contribution in [0.25, 0.3) is 12.2 Å². The first-order valence-corrected chi connectivity index (χ1v) is 9.95. The fourth-order valence-electron chi connectivity index (χ4n) is 3.33. The molecule has 172 valence electrons. The van der Waals surface area contributed by atoms with E-state index in [4.69, 9.17) is 14.2 Å². The van der Waals surface area contributed by atoms with Gasteiger partial charge in [0.15, 0.2) is 11.6 Å². The second-order valence-electron chi connectivity index (χ2n) is 7.11. The smallest absolute Gasteiger partial charge is 0.152 e. The Morgan fingerprint density at radius 2 is 1.75 bits per heavy atom. The Labute approximate surface area is 183 Å². The summed E-state index contributed by atoms with van der Waals surface area (Å²) in [7, 11) is 1.42. The lowest BCUT2D eigenvalue weighted by atomic mass is 10.1. The quantitative estimate of drug-likeness (QED) is 0.635. The highest BCUT2D eigenvalue weighted by atomic mass is 19.1. The van der Waals surface area contributed by atoms with Crippen molar-refractivity contribution in [3.8, 4) is 0 Å². The lowest BCUT2D eigenvalue weighted by Crippen LogP contribution is -2.13. The van der Waals surface area contributed by atoms with Crippen molar-refractivity contribution in [2.24, 2.45) is 0 Å². The molecule has 7 nitrogen and oxygen atoms in total. The number of aliphatic hydroxyl groups excluding tert-OH is 1. The number of anilines is 2. The molecule has 0 saturated carbocycles. The van der Waals surface area contributed by atoms with E-state index in [9.17, 15) is 18.3 Å². The van der Waals surface area contributed by atoms with Gasteiger partial charge >= 0.3 is 0 Å². The van der Waals surface area contributed by atoms with Gasteiger partial charge in [0.05, 0.1) is 37.0 Å². The average Bonchev–Trinajstić information content (AvgIpc) is 3.35. The standard InChI is InChI=1S/C16H14F3N3O2.C6H10O2/c1-9(23)5-14-11(3-4-24-2)16(21-8-20-14)22-15-12(18)6-10(17)7-13(15)19;1-3-7-6-2-4-8-5(1)6/h3-8,23H,1-2H3,(H,20,21,22);5-6H,1-4H2/b4-3+,9-5+;. The summed E-state index contributed by atoms with van der Waals surface area (Å²) < 4.78 is 56.2. The molecule has 2 aliphatic rings. The zero-order valence-electron chi connectivity index (χ0n) is 17.6. The maximum Gasteiger partial charge on any atom is 0.152 e. The molecule has 2 unspecified atom stereocenters. The Balaban J connectivity index is 0.000000297. The van der Waals surface area contributed by atoms with Crippen molar-refractivity contribution >= 4 is 23.7 Å². The van der Waals surface area contributed by atoms with E-state index in [0.717, 1.165) is 32.4 Å². The van der Waals surface area contributed by atoms with Gasteiger partial charge in [0.2, 0.25) is 0 Å². The molecule has 2 atom stereocenters. The van der Waals surface area contributed by atoms with Gasteiger partial charge in [-0.15, -0.1) is 0 Å². The van der Waals surface area contributed by atoms with Crippen molar-refractivity contribution in [2.45, 2.75) is 32.0 Å². The number of methoxy groups -OCH3 is 1. The lowest BCUT2D eigenvalue weighted by molar-refractivity contribution is 0.0732. The second-order valence-corrected chi connectivity index (χ2v) is 7.11. The molecule has 0 spiro atoms. The number of ether oxygens (including phenoxy) is 3. The fraction of sp³-hybridized carbons (Fsp3) is 0.364. The third kappa shape index (κ3) is 5.98. The number of allylic oxidation sites excluding steroid dienone is 1. The number of aliphatic hydroxyl groups is 1. The van der Waals surface area contributed by atoms with Crippen molar-refractivity contribution in [3.63, 3.8) is 0 Å². The molecule has 0 bridgehead atoms. The maximum absolute atomic E-state index is 13.8. The summed E-state index contributed by atoms with van der Waals surface area (Å²) in [6.07, 6.45) is 8.40. The van der Waals surface area contributed by atoms with Crippen LogP contribution in [0.4, 0.5) is 24.7 Å². The first-order valence-electron chi connectivity index (χ1n) is 9.95. The third-order valence-electron chi connectivity index (χ3n) is 4.76. The van der Waals surface area contributed by atoms with Crippen LogP contribution in [0.3, 0.4) is 0 Å². The number of nitrogens with zero attached hydrogens (tertiary/aromatic N) is 2. The van der Waals surface area contributed by atoms with Crippen molar-refractivity contribution < 1.29 is 32.5 Å². The van der Waals surface area contributed by atoms with Gasteiger partial charge in [-0.05, 0) is 25.8 Å². The molecule has 2 aromatic rings. The number of fused-ring (bicyclic) bond motifs is 1. The van der Waals surface area contributed by atoms with Crippen LogP contribution >= 0.6 is 0 Å². The van der Waals surface area contributed by atoms with Crippen LogP contribution in [0.2, 0.25) is 0 Å². The maximum atomic E-state index is 13.8. The highest BCUT2D eigenvalue weighted by molar-refractivity contribution is 5.74. The highest BCUT2D eigenvalue weighted by Crippen LogP contribution is 2.28. The summed E-state index contributed by atoms with van der Waals surface area (Å²) in [5.41, 5.74) is 0.0532. The number of halogens is 3. The van der Waals surface area contributed by atoms with Crippen LogP contribution in [0.1, 0.15) is 31.0 Å². The molecule has 0 radical (unpaired) electrons.